The third-order valence-corrected chi connectivity index (χ3v) is 5.84. The molecule has 1 aliphatic carbocycles. The van der Waals surface area contributed by atoms with Crippen molar-refractivity contribution in [1.82, 2.24) is 9.46 Å². The average Bonchev–Trinajstić information content (AvgIpc) is 3.17. The van der Waals surface area contributed by atoms with Crippen molar-refractivity contribution >= 4 is 35.6 Å². The maximum Gasteiger partial charge on any atom is 0.333 e. The number of rotatable bonds is 5. The highest BCUT2D eigenvalue weighted by Gasteiger charge is 2.25. The first-order valence-electron chi connectivity index (χ1n) is 9.97. The number of benzene rings is 2. The largest absolute Gasteiger partial charge is 0.488 e. The second-order valence-corrected chi connectivity index (χ2v) is 7.93. The summed E-state index contributed by atoms with van der Waals surface area (Å²) >= 11 is 4.43. The summed E-state index contributed by atoms with van der Waals surface area (Å²) in [4.78, 5) is 12.7. The Balaban J connectivity index is 1.51. The monoisotopic (exact) mass is 411 g/mol. The molecule has 0 spiro atoms. The number of nitrogens with zero attached hydrogens (tertiary/aromatic N) is 2. The summed E-state index contributed by atoms with van der Waals surface area (Å²) in [6, 6.07) is 13.5. The molecule has 0 aliphatic heterocycles. The summed E-state index contributed by atoms with van der Waals surface area (Å²) in [6.07, 6.45) is 5.41. The van der Waals surface area contributed by atoms with Gasteiger partial charge in [-0.05, 0) is 37.5 Å². The molecule has 4 rings (SSSR count). The van der Waals surface area contributed by atoms with E-state index in [9.17, 15) is 4.79 Å². The van der Waals surface area contributed by atoms with Gasteiger partial charge in [-0.1, -0.05) is 73.1 Å². The van der Waals surface area contributed by atoms with Gasteiger partial charge in [-0.25, -0.2) is 4.79 Å². The van der Waals surface area contributed by atoms with Crippen molar-refractivity contribution in [2.45, 2.75) is 51.7 Å². The van der Waals surface area contributed by atoms with Gasteiger partial charge in [0, 0.05) is 6.04 Å². The zero-order valence-corrected chi connectivity index (χ0v) is 17.3. The summed E-state index contributed by atoms with van der Waals surface area (Å²) in [5, 5.41) is 7.53. The Morgan fingerprint density at radius 3 is 2.72 bits per heavy atom. The molecule has 1 heterocycles. The molecular weight excluding hydrogens is 386 g/mol. The molecule has 0 radical (unpaired) electrons. The van der Waals surface area contributed by atoms with Crippen LogP contribution in [-0.4, -0.2) is 21.5 Å². The van der Waals surface area contributed by atoms with E-state index in [1.807, 2.05) is 24.3 Å². The summed E-state index contributed by atoms with van der Waals surface area (Å²) in [6.45, 7) is 2.47. The number of carbonyl (C=O) groups excluding carboxylic acids is 1. The highest BCUT2D eigenvalue weighted by atomic mass is 32.1. The van der Waals surface area contributed by atoms with E-state index in [-0.39, 0.29) is 12.1 Å². The van der Waals surface area contributed by atoms with Crippen molar-refractivity contribution in [3.05, 3.63) is 53.6 Å². The van der Waals surface area contributed by atoms with Gasteiger partial charge in [0.05, 0.1) is 0 Å². The Morgan fingerprint density at radius 1 is 1.21 bits per heavy atom. The first kappa shape index (κ1) is 19.6. The summed E-state index contributed by atoms with van der Waals surface area (Å²) < 4.78 is 12.9. The van der Waals surface area contributed by atoms with Crippen molar-refractivity contribution < 1.29 is 14.1 Å². The lowest BCUT2D eigenvalue weighted by molar-refractivity contribution is 0.218. The molecule has 0 saturated heterocycles. The van der Waals surface area contributed by atoms with Gasteiger partial charge in [0.1, 0.15) is 17.7 Å². The topological polar surface area (TPSA) is 67.6 Å². The molecule has 6 nitrogen and oxygen atoms in total. The predicted octanol–water partition coefficient (Wildman–Crippen LogP) is 5.73. The van der Waals surface area contributed by atoms with Crippen LogP contribution >= 0.6 is 12.8 Å². The van der Waals surface area contributed by atoms with E-state index in [0.717, 1.165) is 31.2 Å². The van der Waals surface area contributed by atoms with Crippen LogP contribution in [0.5, 0.6) is 5.75 Å². The fourth-order valence-electron chi connectivity index (χ4n) is 3.66. The fourth-order valence-corrected chi connectivity index (χ4v) is 3.94. The van der Waals surface area contributed by atoms with Gasteiger partial charge in [0.15, 0.2) is 11.4 Å². The Labute approximate surface area is 175 Å². The van der Waals surface area contributed by atoms with E-state index in [1.54, 1.807) is 6.07 Å². The van der Waals surface area contributed by atoms with Crippen molar-refractivity contribution in [1.29, 1.82) is 0 Å². The van der Waals surface area contributed by atoms with Crippen LogP contribution in [0.2, 0.25) is 0 Å². The normalized spacial score (nSPS) is 14.7. The second kappa shape index (κ2) is 8.78. The van der Waals surface area contributed by atoms with E-state index in [1.165, 1.54) is 16.3 Å². The summed E-state index contributed by atoms with van der Waals surface area (Å²) in [7, 11) is 0. The van der Waals surface area contributed by atoms with E-state index in [0.29, 0.717) is 29.1 Å². The van der Waals surface area contributed by atoms with Gasteiger partial charge in [-0.2, -0.15) is 0 Å². The highest BCUT2D eigenvalue weighted by molar-refractivity contribution is 7.78. The van der Waals surface area contributed by atoms with Crippen LogP contribution in [0.25, 0.3) is 11.0 Å². The van der Waals surface area contributed by atoms with Crippen LogP contribution in [0, 0.1) is 6.92 Å². The molecule has 2 amide bonds. The van der Waals surface area contributed by atoms with Crippen molar-refractivity contribution in [3.63, 3.8) is 0 Å². The second-order valence-electron chi connectivity index (χ2n) is 7.50. The van der Waals surface area contributed by atoms with E-state index >= 15 is 0 Å². The van der Waals surface area contributed by atoms with Gasteiger partial charge < -0.3 is 9.26 Å². The minimum atomic E-state index is -0.302. The van der Waals surface area contributed by atoms with Gasteiger partial charge in [0.2, 0.25) is 0 Å². The number of aryl methyl sites for hydroxylation is 1. The maximum absolute atomic E-state index is 12.7. The number of aromatic nitrogens is 1. The first-order chi connectivity index (χ1) is 14.1. The van der Waals surface area contributed by atoms with Gasteiger partial charge in [-0.15, -0.1) is 0 Å². The van der Waals surface area contributed by atoms with Gasteiger partial charge >= 0.3 is 6.03 Å². The average molecular weight is 412 g/mol. The molecule has 1 aliphatic rings. The fraction of sp³-hybridized carbons (Fsp3) is 0.364. The molecule has 1 aromatic heterocycles. The number of urea groups is 1. The first-order valence-corrected chi connectivity index (χ1v) is 10.4. The zero-order valence-electron chi connectivity index (χ0n) is 16.4. The molecule has 1 saturated carbocycles. The number of anilines is 1. The highest BCUT2D eigenvalue weighted by Crippen LogP contribution is 2.33. The molecule has 0 unspecified atom stereocenters. The quantitative estimate of drug-likeness (QED) is 0.527. The molecule has 1 fully saturated rings. The van der Waals surface area contributed by atoms with Crippen LogP contribution in [0.3, 0.4) is 0 Å². The minimum Gasteiger partial charge on any atom is -0.488 e. The molecule has 3 aromatic rings. The molecule has 152 valence electrons. The number of carbonyl (C=O) groups is 1. The minimum absolute atomic E-state index is 0.141. The van der Waals surface area contributed by atoms with Gasteiger partial charge in [0.25, 0.3) is 0 Å². The Hall–Kier alpha value is -2.67. The van der Waals surface area contributed by atoms with Crippen molar-refractivity contribution in [3.8, 4) is 5.75 Å². The lowest BCUT2D eigenvalue weighted by atomic mass is 9.96. The SMILES string of the molecule is Cc1ccc(COc2cccc3onc(NC(=O)N(S)C4CCCCC4)c23)cc1. The number of nitrogens with one attached hydrogen (secondary N) is 1. The predicted molar refractivity (Wildman–Crippen MR) is 116 cm³/mol. The molecule has 29 heavy (non-hydrogen) atoms. The molecule has 1 N–H and O–H groups in total. The number of fused-ring (bicyclic) bond motifs is 1. The molecule has 0 atom stereocenters. The number of hydrogen-bond acceptors (Lipinski definition) is 5. The van der Waals surface area contributed by atoms with E-state index < -0.39 is 0 Å². The number of hydrogen-bond donors (Lipinski definition) is 2. The molecule has 7 heteroatoms. The Kier molecular flexibility index (Phi) is 5.94. The maximum atomic E-state index is 12.7. The summed E-state index contributed by atoms with van der Waals surface area (Å²) in [5.41, 5.74) is 2.83. The van der Waals surface area contributed by atoms with Crippen molar-refractivity contribution in [2.24, 2.45) is 0 Å². The molecule has 0 bridgehead atoms. The van der Waals surface area contributed by atoms with Crippen LogP contribution in [0.4, 0.5) is 10.6 Å². The van der Waals surface area contributed by atoms with Gasteiger partial charge in [-0.3, -0.25) is 9.62 Å². The van der Waals surface area contributed by atoms with Crippen LogP contribution < -0.4 is 10.1 Å². The number of ether oxygens (including phenoxy) is 1. The third-order valence-electron chi connectivity index (χ3n) is 5.33. The van der Waals surface area contributed by atoms with Crippen molar-refractivity contribution in [2.75, 3.05) is 5.32 Å². The summed E-state index contributed by atoms with van der Waals surface area (Å²) in [5.74, 6) is 0.961. The molecular formula is C22H25N3O3S. The smallest absolute Gasteiger partial charge is 0.333 e. The molecule has 2 aromatic carbocycles. The third kappa shape index (κ3) is 4.50. The lowest BCUT2D eigenvalue weighted by Crippen LogP contribution is -2.37. The number of thiol groups is 1. The van der Waals surface area contributed by atoms with Crippen LogP contribution in [0.1, 0.15) is 43.2 Å². The lowest BCUT2D eigenvalue weighted by Gasteiger charge is -2.29. The van der Waals surface area contributed by atoms with Crippen LogP contribution in [-0.2, 0) is 6.61 Å². The zero-order chi connectivity index (χ0) is 20.2. The van der Waals surface area contributed by atoms with E-state index in [2.05, 4.69) is 42.3 Å². The Bertz CT molecular complexity index is 981. The van der Waals surface area contributed by atoms with Crippen LogP contribution in [0.15, 0.2) is 47.0 Å². The van der Waals surface area contributed by atoms with E-state index in [4.69, 9.17) is 9.26 Å². The standard InChI is InChI=1S/C22H25N3O3S/c1-15-10-12-16(13-11-15)14-27-18-8-5-9-19-20(18)21(24-28-19)23-22(26)25(29)17-6-3-2-4-7-17/h5,8-13,17,29H,2-4,6-7,14H2,1H3,(H,23,24,26). The Morgan fingerprint density at radius 2 is 1.97 bits per heavy atom. The number of amides is 2.